The maximum atomic E-state index is 13.0. The van der Waals surface area contributed by atoms with Gasteiger partial charge in [-0.25, -0.2) is 14.2 Å². The number of halogens is 3. The number of benzene rings is 1. The fraction of sp³-hybridized carbons (Fsp3) is 0.0952. The fourth-order valence-corrected chi connectivity index (χ4v) is 3.65. The third-order valence-corrected chi connectivity index (χ3v) is 5.16. The van der Waals surface area contributed by atoms with Crippen LogP contribution in [0.15, 0.2) is 55.1 Å². The molecule has 1 amide bonds. The van der Waals surface area contributed by atoms with Crippen LogP contribution in [0.2, 0.25) is 5.02 Å². The van der Waals surface area contributed by atoms with Gasteiger partial charge in [-0.15, -0.1) is 0 Å². The third kappa shape index (κ3) is 3.61. The molecule has 0 bridgehead atoms. The number of pyridine rings is 1. The normalized spacial score (nSPS) is 11.4. The van der Waals surface area contributed by atoms with Crippen molar-refractivity contribution in [3.8, 4) is 22.7 Å². The quantitative estimate of drug-likeness (QED) is 0.421. The van der Waals surface area contributed by atoms with Gasteiger partial charge in [0.2, 0.25) is 0 Å². The number of amides is 1. The lowest BCUT2D eigenvalue weighted by molar-refractivity contribution is -0.0498. The third-order valence-electron chi connectivity index (χ3n) is 4.93. The van der Waals surface area contributed by atoms with Gasteiger partial charge in [0, 0.05) is 30.7 Å². The molecule has 9 nitrogen and oxygen atoms in total. The summed E-state index contributed by atoms with van der Waals surface area (Å²) in [5, 5.41) is 11.8. The van der Waals surface area contributed by atoms with Gasteiger partial charge in [-0.2, -0.15) is 19.0 Å². The lowest BCUT2D eigenvalue weighted by atomic mass is 10.1. The second-order valence-electron chi connectivity index (χ2n) is 6.86. The molecule has 1 aromatic carbocycles. The summed E-state index contributed by atoms with van der Waals surface area (Å²) in [6.45, 7) is -3.06. The van der Waals surface area contributed by atoms with Crippen LogP contribution in [-0.2, 0) is 0 Å². The van der Waals surface area contributed by atoms with E-state index in [1.165, 1.54) is 36.1 Å². The van der Waals surface area contributed by atoms with E-state index in [1.807, 2.05) is 0 Å². The van der Waals surface area contributed by atoms with E-state index >= 15 is 0 Å². The minimum Gasteiger partial charge on any atom is -0.433 e. The van der Waals surface area contributed by atoms with Crippen LogP contribution in [0.1, 0.15) is 10.5 Å². The van der Waals surface area contributed by atoms with E-state index in [4.69, 9.17) is 11.6 Å². The molecular weight excluding hydrogens is 456 g/mol. The molecule has 0 fully saturated rings. The lowest BCUT2D eigenvalue weighted by Crippen LogP contribution is -2.19. The molecule has 33 heavy (non-hydrogen) atoms. The monoisotopic (exact) mass is 469 g/mol. The highest BCUT2D eigenvalue weighted by molar-refractivity contribution is 6.30. The lowest BCUT2D eigenvalue weighted by Gasteiger charge is -2.12. The maximum Gasteiger partial charge on any atom is 0.387 e. The molecule has 1 N–H and O–H groups in total. The minimum absolute atomic E-state index is 0.0625. The summed E-state index contributed by atoms with van der Waals surface area (Å²) in [4.78, 5) is 21.3. The molecular formula is C21H14ClF2N7O2. The average Bonchev–Trinajstić information content (AvgIpc) is 3.41. The van der Waals surface area contributed by atoms with Gasteiger partial charge in [0.25, 0.3) is 5.91 Å². The first-order valence-electron chi connectivity index (χ1n) is 9.60. The molecule has 12 heteroatoms. The Hall–Kier alpha value is -4.12. The highest BCUT2D eigenvalue weighted by Crippen LogP contribution is 2.33. The van der Waals surface area contributed by atoms with Gasteiger partial charge in [-0.3, -0.25) is 9.78 Å². The molecule has 0 saturated carbocycles. The van der Waals surface area contributed by atoms with Crippen LogP contribution in [0.3, 0.4) is 0 Å². The van der Waals surface area contributed by atoms with Crippen LogP contribution in [0, 0.1) is 0 Å². The molecule has 0 aliphatic rings. The number of ether oxygens (including phenoxy) is 1. The van der Waals surface area contributed by atoms with Crippen molar-refractivity contribution in [1.29, 1.82) is 0 Å². The van der Waals surface area contributed by atoms with Crippen molar-refractivity contribution >= 4 is 34.1 Å². The average molecular weight is 470 g/mol. The summed E-state index contributed by atoms with van der Waals surface area (Å²) in [6, 6.07) is 7.58. The maximum absolute atomic E-state index is 13.0. The molecule has 0 radical (unpaired) electrons. The number of nitrogens with one attached hydrogen (secondary N) is 1. The number of carbonyl (C=O) groups is 1. The Bertz CT molecular complexity index is 1520. The number of carbonyl (C=O) groups excluding carboxylic acids is 1. The highest BCUT2D eigenvalue weighted by Gasteiger charge is 2.22. The molecule has 4 aromatic heterocycles. The minimum atomic E-state index is -3.06. The first kappa shape index (κ1) is 20.8. The van der Waals surface area contributed by atoms with Crippen molar-refractivity contribution in [3.05, 3.63) is 65.8 Å². The van der Waals surface area contributed by atoms with Gasteiger partial charge in [0.15, 0.2) is 17.1 Å². The molecule has 0 unspecified atom stereocenters. The SMILES string of the molecule is CNC(=O)c1nn(-c2cc(Cl)ccc2OC(F)F)c2cc(-c3cnn4cccnc34)ncc12. The Morgan fingerprint density at radius 2 is 2.06 bits per heavy atom. The van der Waals surface area contributed by atoms with Gasteiger partial charge in [0.05, 0.1) is 28.4 Å². The van der Waals surface area contributed by atoms with E-state index in [-0.39, 0.29) is 22.2 Å². The fourth-order valence-electron chi connectivity index (χ4n) is 3.49. The Morgan fingerprint density at radius 1 is 1.21 bits per heavy atom. The summed E-state index contributed by atoms with van der Waals surface area (Å²) >= 11 is 6.13. The van der Waals surface area contributed by atoms with Crippen LogP contribution in [0.4, 0.5) is 8.78 Å². The van der Waals surface area contributed by atoms with E-state index in [2.05, 4.69) is 30.2 Å². The van der Waals surface area contributed by atoms with Crippen molar-refractivity contribution in [1.82, 2.24) is 34.7 Å². The summed E-state index contributed by atoms with van der Waals surface area (Å²) in [5.74, 6) is -0.623. The van der Waals surface area contributed by atoms with Crippen molar-refractivity contribution in [3.63, 3.8) is 0 Å². The summed E-state index contributed by atoms with van der Waals surface area (Å²) in [6.07, 6.45) is 6.48. The Kier molecular flexibility index (Phi) is 5.09. The second kappa shape index (κ2) is 8.10. The number of aromatic nitrogens is 6. The Balaban J connectivity index is 1.78. The first-order valence-corrected chi connectivity index (χ1v) is 9.98. The number of hydrogen-bond acceptors (Lipinski definition) is 6. The van der Waals surface area contributed by atoms with Gasteiger partial charge in [-0.05, 0) is 30.3 Å². The van der Waals surface area contributed by atoms with Crippen molar-refractivity contribution < 1.29 is 18.3 Å². The zero-order valence-corrected chi connectivity index (χ0v) is 17.7. The molecule has 5 rings (SSSR count). The Labute approximate surface area is 189 Å². The van der Waals surface area contributed by atoms with Crippen molar-refractivity contribution in [2.24, 2.45) is 0 Å². The second-order valence-corrected chi connectivity index (χ2v) is 7.30. The number of rotatable bonds is 5. The van der Waals surface area contributed by atoms with E-state index in [9.17, 15) is 13.6 Å². The standard InChI is InChI=1S/C21H14ClF2N7O2/c1-25-20(32)18-13-9-27-14(12-10-28-30-6-2-5-26-19(12)30)8-15(13)31(29-18)16-7-11(22)3-4-17(16)33-21(23)24/h2-10,21H,1H3,(H,25,32). The first-order chi connectivity index (χ1) is 16.0. The van der Waals surface area contributed by atoms with E-state index in [0.29, 0.717) is 27.8 Å². The Morgan fingerprint density at radius 3 is 2.85 bits per heavy atom. The molecule has 166 valence electrons. The largest absolute Gasteiger partial charge is 0.433 e. The smallest absolute Gasteiger partial charge is 0.387 e. The molecule has 0 atom stereocenters. The molecule has 0 aliphatic carbocycles. The predicted molar refractivity (Wildman–Crippen MR) is 116 cm³/mol. The van der Waals surface area contributed by atoms with Gasteiger partial charge in [0.1, 0.15) is 5.69 Å². The van der Waals surface area contributed by atoms with Crippen LogP contribution >= 0.6 is 11.6 Å². The molecule has 5 aromatic rings. The van der Waals surface area contributed by atoms with Gasteiger partial charge in [-0.1, -0.05) is 11.6 Å². The van der Waals surface area contributed by atoms with Crippen LogP contribution in [0.25, 0.3) is 33.5 Å². The molecule has 0 aliphatic heterocycles. The van der Waals surface area contributed by atoms with Crippen molar-refractivity contribution in [2.45, 2.75) is 6.61 Å². The van der Waals surface area contributed by atoms with E-state index < -0.39 is 12.5 Å². The van der Waals surface area contributed by atoms with Gasteiger partial charge < -0.3 is 10.1 Å². The number of hydrogen-bond donors (Lipinski definition) is 1. The summed E-state index contributed by atoms with van der Waals surface area (Å²) < 4.78 is 33.7. The zero-order chi connectivity index (χ0) is 23.1. The number of nitrogens with zero attached hydrogens (tertiary/aromatic N) is 6. The summed E-state index contributed by atoms with van der Waals surface area (Å²) in [5.41, 5.74) is 2.34. The van der Waals surface area contributed by atoms with Gasteiger partial charge >= 0.3 is 6.61 Å². The topological polar surface area (TPSA) is 99.2 Å². The molecule has 4 heterocycles. The van der Waals surface area contributed by atoms with Crippen molar-refractivity contribution in [2.75, 3.05) is 7.05 Å². The molecule has 0 saturated heterocycles. The number of alkyl halides is 2. The van der Waals surface area contributed by atoms with E-state index in [0.717, 1.165) is 0 Å². The number of fused-ring (bicyclic) bond motifs is 2. The van der Waals surface area contributed by atoms with E-state index in [1.54, 1.807) is 35.2 Å². The zero-order valence-electron chi connectivity index (χ0n) is 16.9. The molecule has 0 spiro atoms. The van der Waals surface area contributed by atoms with Crippen LogP contribution in [-0.4, -0.2) is 48.9 Å². The van der Waals surface area contributed by atoms with Crippen LogP contribution < -0.4 is 10.1 Å². The highest BCUT2D eigenvalue weighted by atomic mass is 35.5. The predicted octanol–water partition coefficient (Wildman–Crippen LogP) is 3.74. The van der Waals surface area contributed by atoms with Crippen LogP contribution in [0.5, 0.6) is 5.75 Å². The summed E-state index contributed by atoms with van der Waals surface area (Å²) in [7, 11) is 1.46.